The Balaban J connectivity index is 1.89. The highest BCUT2D eigenvalue weighted by Gasteiger charge is 2.38. The topological polar surface area (TPSA) is 92.0 Å². The summed E-state index contributed by atoms with van der Waals surface area (Å²) in [5, 5.41) is 12.6. The Bertz CT molecular complexity index is 1140. The van der Waals surface area contributed by atoms with E-state index in [1.54, 1.807) is 48.7 Å². The van der Waals surface area contributed by atoms with E-state index in [1.165, 1.54) is 0 Å². The molecule has 0 fully saturated rings. The Hall–Kier alpha value is -3.15. The van der Waals surface area contributed by atoms with Gasteiger partial charge in [-0.15, -0.1) is 0 Å². The van der Waals surface area contributed by atoms with Crippen LogP contribution in [0, 0.1) is 0 Å². The summed E-state index contributed by atoms with van der Waals surface area (Å²) >= 11 is 6.08. The van der Waals surface area contributed by atoms with Crippen LogP contribution in [-0.4, -0.2) is 21.0 Å². The molecule has 6 heteroatoms. The summed E-state index contributed by atoms with van der Waals surface area (Å²) in [5.41, 5.74) is 6.84. The van der Waals surface area contributed by atoms with E-state index >= 15 is 0 Å². The predicted molar refractivity (Wildman–Crippen MR) is 105 cm³/mol. The third-order valence-corrected chi connectivity index (χ3v) is 4.84. The molecule has 27 heavy (non-hydrogen) atoms. The second-order valence-electron chi connectivity index (χ2n) is 6.27. The number of nitrogens with zero attached hydrogens (tertiary/aromatic N) is 1. The monoisotopic (exact) mass is 377 g/mol. The number of aliphatic hydroxyl groups is 1. The van der Waals surface area contributed by atoms with Gasteiger partial charge in [0, 0.05) is 23.3 Å². The summed E-state index contributed by atoms with van der Waals surface area (Å²) in [6.07, 6.45) is 3.39. The van der Waals surface area contributed by atoms with Crippen molar-refractivity contribution < 1.29 is 9.90 Å². The number of pyridine rings is 1. The van der Waals surface area contributed by atoms with Crippen molar-refractivity contribution in [2.24, 2.45) is 5.73 Å². The Morgan fingerprint density at radius 3 is 2.56 bits per heavy atom. The van der Waals surface area contributed by atoms with Gasteiger partial charge in [-0.25, -0.2) is 4.98 Å². The number of halogens is 1. The molecule has 4 aromatic rings. The average molecular weight is 378 g/mol. The van der Waals surface area contributed by atoms with Crippen LogP contribution in [0.25, 0.3) is 22.2 Å². The number of nitrogens with two attached hydrogens (primary N) is 1. The molecule has 1 atom stereocenters. The number of hydrogen-bond acceptors (Lipinski definition) is 3. The first kappa shape index (κ1) is 17.3. The van der Waals surface area contributed by atoms with E-state index in [0.29, 0.717) is 21.8 Å². The standard InChI is InChI=1S/C21H16ClN3O2/c22-16-10-17-18(12-25-19(17)24-11-16)13-5-4-8-15(9-13)21(27,20(23)26)14-6-2-1-3-7-14/h1-12,27H,(H2,23,26)(H,24,25). The number of hydrogen-bond donors (Lipinski definition) is 3. The van der Waals surface area contributed by atoms with Gasteiger partial charge in [-0.2, -0.15) is 0 Å². The third kappa shape index (κ3) is 2.87. The number of H-pyrrole nitrogens is 1. The predicted octanol–water partition coefficient (Wildman–Crippen LogP) is 3.60. The fourth-order valence-electron chi connectivity index (χ4n) is 3.26. The number of nitrogens with one attached hydrogen (secondary N) is 1. The highest BCUT2D eigenvalue weighted by Crippen LogP contribution is 2.34. The van der Waals surface area contributed by atoms with E-state index in [2.05, 4.69) is 9.97 Å². The molecule has 2 aromatic heterocycles. The van der Waals surface area contributed by atoms with E-state index in [-0.39, 0.29) is 0 Å². The van der Waals surface area contributed by atoms with Crippen LogP contribution in [0.2, 0.25) is 5.02 Å². The molecule has 4 N–H and O–H groups in total. The second kappa shape index (κ2) is 6.54. The zero-order valence-corrected chi connectivity index (χ0v) is 14.9. The van der Waals surface area contributed by atoms with Crippen molar-refractivity contribution in [2.75, 3.05) is 0 Å². The molecule has 2 aromatic carbocycles. The van der Waals surface area contributed by atoms with E-state index in [9.17, 15) is 9.90 Å². The van der Waals surface area contributed by atoms with Crippen LogP contribution in [0.15, 0.2) is 73.1 Å². The maximum absolute atomic E-state index is 12.2. The van der Waals surface area contributed by atoms with Gasteiger partial charge in [-0.3, -0.25) is 4.79 Å². The van der Waals surface area contributed by atoms with E-state index in [1.807, 2.05) is 24.4 Å². The number of fused-ring (bicyclic) bond motifs is 1. The van der Waals surface area contributed by atoms with Crippen molar-refractivity contribution in [3.63, 3.8) is 0 Å². The molecule has 5 nitrogen and oxygen atoms in total. The summed E-state index contributed by atoms with van der Waals surface area (Å²) in [5.74, 6) is -0.838. The lowest BCUT2D eigenvalue weighted by Crippen LogP contribution is -2.42. The lowest BCUT2D eigenvalue weighted by molar-refractivity contribution is -0.133. The Kier molecular flexibility index (Phi) is 4.18. The lowest BCUT2D eigenvalue weighted by atomic mass is 9.84. The molecule has 2 heterocycles. The van der Waals surface area contributed by atoms with Crippen LogP contribution < -0.4 is 5.73 Å². The SMILES string of the molecule is NC(=O)C(O)(c1ccccc1)c1cccc(-c2c[nH]c3ncc(Cl)cc23)c1. The zero-order valence-electron chi connectivity index (χ0n) is 14.2. The smallest absolute Gasteiger partial charge is 0.258 e. The molecule has 0 aliphatic rings. The summed E-state index contributed by atoms with van der Waals surface area (Å²) in [7, 11) is 0. The molecule has 1 amide bonds. The Morgan fingerprint density at radius 1 is 1.07 bits per heavy atom. The second-order valence-corrected chi connectivity index (χ2v) is 6.71. The van der Waals surface area contributed by atoms with Crippen LogP contribution in [0.4, 0.5) is 0 Å². The van der Waals surface area contributed by atoms with Gasteiger partial charge in [0.25, 0.3) is 5.91 Å². The van der Waals surface area contributed by atoms with E-state index in [0.717, 1.165) is 16.5 Å². The van der Waals surface area contributed by atoms with Crippen LogP contribution in [0.1, 0.15) is 11.1 Å². The molecule has 0 radical (unpaired) electrons. The first-order chi connectivity index (χ1) is 13.0. The number of carbonyl (C=O) groups is 1. The van der Waals surface area contributed by atoms with E-state index < -0.39 is 11.5 Å². The minimum absolute atomic E-state index is 0.392. The molecule has 0 bridgehead atoms. The summed E-state index contributed by atoms with van der Waals surface area (Å²) < 4.78 is 0. The third-order valence-electron chi connectivity index (χ3n) is 4.64. The summed E-state index contributed by atoms with van der Waals surface area (Å²) in [6.45, 7) is 0. The number of carbonyl (C=O) groups excluding carboxylic acids is 1. The molecule has 0 spiro atoms. The van der Waals surface area contributed by atoms with Crippen molar-refractivity contribution in [1.82, 2.24) is 9.97 Å². The van der Waals surface area contributed by atoms with Crippen molar-refractivity contribution >= 4 is 28.5 Å². The molecule has 0 saturated carbocycles. The highest BCUT2D eigenvalue weighted by atomic mass is 35.5. The van der Waals surface area contributed by atoms with Crippen LogP contribution in [0.3, 0.4) is 0 Å². The minimum Gasteiger partial charge on any atom is -0.372 e. The van der Waals surface area contributed by atoms with E-state index in [4.69, 9.17) is 17.3 Å². The quantitative estimate of drug-likeness (QED) is 0.507. The molecular weight excluding hydrogens is 362 g/mol. The van der Waals surface area contributed by atoms with Gasteiger partial charge in [0.1, 0.15) is 5.65 Å². The van der Waals surface area contributed by atoms with Gasteiger partial charge in [0.2, 0.25) is 0 Å². The lowest BCUT2D eigenvalue weighted by Gasteiger charge is -2.26. The van der Waals surface area contributed by atoms with Gasteiger partial charge in [-0.05, 0) is 28.8 Å². The molecule has 0 aliphatic heterocycles. The number of aromatic amines is 1. The Morgan fingerprint density at radius 2 is 1.81 bits per heavy atom. The molecule has 4 rings (SSSR count). The highest BCUT2D eigenvalue weighted by molar-refractivity contribution is 6.31. The Labute approximate surface area is 160 Å². The number of aromatic nitrogens is 2. The number of primary amides is 1. The van der Waals surface area contributed by atoms with Crippen molar-refractivity contribution in [2.45, 2.75) is 5.60 Å². The average Bonchev–Trinajstić information content (AvgIpc) is 3.11. The fraction of sp³-hybridized carbons (Fsp3) is 0.0476. The number of benzene rings is 2. The minimum atomic E-state index is -1.93. The van der Waals surface area contributed by atoms with Crippen LogP contribution in [0.5, 0.6) is 0 Å². The van der Waals surface area contributed by atoms with Crippen LogP contribution >= 0.6 is 11.6 Å². The van der Waals surface area contributed by atoms with Crippen molar-refractivity contribution in [3.05, 3.63) is 89.2 Å². The number of rotatable bonds is 4. The fourth-order valence-corrected chi connectivity index (χ4v) is 3.42. The van der Waals surface area contributed by atoms with Crippen molar-refractivity contribution in [1.29, 1.82) is 0 Å². The maximum Gasteiger partial charge on any atom is 0.258 e. The molecule has 0 saturated heterocycles. The van der Waals surface area contributed by atoms with Gasteiger partial charge < -0.3 is 15.8 Å². The summed E-state index contributed by atoms with van der Waals surface area (Å²) in [4.78, 5) is 19.6. The van der Waals surface area contributed by atoms with Crippen molar-refractivity contribution in [3.8, 4) is 11.1 Å². The van der Waals surface area contributed by atoms with Crippen LogP contribution in [-0.2, 0) is 10.4 Å². The number of amides is 1. The normalized spacial score (nSPS) is 13.4. The first-order valence-corrected chi connectivity index (χ1v) is 8.69. The largest absolute Gasteiger partial charge is 0.372 e. The molecule has 0 aliphatic carbocycles. The summed E-state index contributed by atoms with van der Waals surface area (Å²) in [6, 6.07) is 17.6. The molecular formula is C21H16ClN3O2. The zero-order chi connectivity index (χ0) is 19.0. The van der Waals surface area contributed by atoms with Gasteiger partial charge in [0.05, 0.1) is 5.02 Å². The molecule has 1 unspecified atom stereocenters. The molecule has 134 valence electrons. The maximum atomic E-state index is 12.2. The van der Waals surface area contributed by atoms with Gasteiger partial charge in [-0.1, -0.05) is 60.1 Å². The first-order valence-electron chi connectivity index (χ1n) is 8.31. The van der Waals surface area contributed by atoms with Gasteiger partial charge >= 0.3 is 0 Å². The van der Waals surface area contributed by atoms with Gasteiger partial charge in [0.15, 0.2) is 5.60 Å².